The van der Waals surface area contributed by atoms with Crippen LogP contribution in [0.1, 0.15) is 66.7 Å². The maximum Gasteiger partial charge on any atom is 0.223 e. The first kappa shape index (κ1) is 17.5. The molecular formula is C17H34N2O. The van der Waals surface area contributed by atoms with Gasteiger partial charge in [0.1, 0.15) is 0 Å². The molecule has 1 fully saturated rings. The Morgan fingerprint density at radius 1 is 1.30 bits per heavy atom. The smallest absolute Gasteiger partial charge is 0.223 e. The minimum atomic E-state index is 0.145. The Morgan fingerprint density at radius 3 is 2.40 bits per heavy atom. The summed E-state index contributed by atoms with van der Waals surface area (Å²) in [6, 6.07) is 0.611. The molecule has 0 unspecified atom stereocenters. The summed E-state index contributed by atoms with van der Waals surface area (Å²) in [5.74, 6) is 1.09. The number of hydrogen-bond donors (Lipinski definition) is 1. The number of rotatable bonds is 7. The van der Waals surface area contributed by atoms with Crippen LogP contribution >= 0.6 is 0 Å². The van der Waals surface area contributed by atoms with E-state index in [-0.39, 0.29) is 5.41 Å². The summed E-state index contributed by atoms with van der Waals surface area (Å²) in [5.41, 5.74) is 0.145. The molecule has 1 atom stereocenters. The van der Waals surface area contributed by atoms with Crippen molar-refractivity contribution in [2.45, 2.75) is 72.8 Å². The van der Waals surface area contributed by atoms with Crippen molar-refractivity contribution in [2.75, 3.05) is 19.6 Å². The van der Waals surface area contributed by atoms with Gasteiger partial charge in [0.15, 0.2) is 0 Å². The van der Waals surface area contributed by atoms with Crippen LogP contribution in [-0.2, 0) is 4.79 Å². The van der Waals surface area contributed by atoms with Crippen LogP contribution in [0.15, 0.2) is 0 Å². The zero-order valence-electron chi connectivity index (χ0n) is 14.2. The highest BCUT2D eigenvalue weighted by atomic mass is 16.2. The Hall–Kier alpha value is -0.570. The summed E-state index contributed by atoms with van der Waals surface area (Å²) in [5, 5.41) is 3.59. The highest BCUT2D eigenvalue weighted by molar-refractivity contribution is 5.76. The van der Waals surface area contributed by atoms with Crippen LogP contribution < -0.4 is 5.32 Å². The summed E-state index contributed by atoms with van der Waals surface area (Å²) < 4.78 is 0. The lowest BCUT2D eigenvalue weighted by Crippen LogP contribution is -2.42. The number of carbonyl (C=O) groups excluding carboxylic acids is 1. The van der Waals surface area contributed by atoms with Crippen molar-refractivity contribution in [3.8, 4) is 0 Å². The fraction of sp³-hybridized carbons (Fsp3) is 0.941. The monoisotopic (exact) mass is 282 g/mol. The van der Waals surface area contributed by atoms with Gasteiger partial charge in [0.2, 0.25) is 5.91 Å². The molecule has 0 aromatic rings. The number of amides is 1. The summed E-state index contributed by atoms with van der Waals surface area (Å²) in [7, 11) is 0. The summed E-state index contributed by atoms with van der Waals surface area (Å²) in [4.78, 5) is 14.4. The van der Waals surface area contributed by atoms with Crippen molar-refractivity contribution >= 4 is 5.91 Å². The first-order valence-corrected chi connectivity index (χ1v) is 8.39. The molecule has 0 radical (unpaired) electrons. The molecule has 0 saturated carbocycles. The van der Waals surface area contributed by atoms with E-state index in [9.17, 15) is 4.79 Å². The second-order valence-electron chi connectivity index (χ2n) is 7.24. The molecule has 1 saturated heterocycles. The number of carbonyl (C=O) groups is 1. The normalized spacial score (nSPS) is 19.1. The van der Waals surface area contributed by atoms with Crippen LogP contribution in [-0.4, -0.2) is 36.5 Å². The Bertz CT molecular complexity index is 293. The van der Waals surface area contributed by atoms with Gasteiger partial charge in [-0.25, -0.2) is 0 Å². The van der Waals surface area contributed by atoms with Gasteiger partial charge in [-0.05, 0) is 44.1 Å². The van der Waals surface area contributed by atoms with Crippen molar-refractivity contribution in [3.05, 3.63) is 0 Å². The quantitative estimate of drug-likeness (QED) is 0.776. The van der Waals surface area contributed by atoms with Gasteiger partial charge < -0.3 is 10.2 Å². The molecule has 3 heteroatoms. The van der Waals surface area contributed by atoms with Crippen molar-refractivity contribution in [1.29, 1.82) is 0 Å². The van der Waals surface area contributed by atoms with E-state index in [1.807, 2.05) is 0 Å². The molecule has 20 heavy (non-hydrogen) atoms. The van der Waals surface area contributed by atoms with Crippen molar-refractivity contribution in [2.24, 2.45) is 11.3 Å². The zero-order valence-corrected chi connectivity index (χ0v) is 14.2. The second-order valence-corrected chi connectivity index (χ2v) is 7.24. The summed E-state index contributed by atoms with van der Waals surface area (Å²) in [6.45, 7) is 14.0. The number of nitrogens with zero attached hydrogens (tertiary/aromatic N) is 1. The Morgan fingerprint density at radius 2 is 1.90 bits per heavy atom. The zero-order chi connectivity index (χ0) is 15.2. The van der Waals surface area contributed by atoms with Gasteiger partial charge in [0, 0.05) is 25.6 Å². The highest BCUT2D eigenvalue weighted by Crippen LogP contribution is 2.26. The lowest BCUT2D eigenvalue weighted by molar-refractivity contribution is -0.134. The van der Waals surface area contributed by atoms with Gasteiger partial charge in [-0.1, -0.05) is 34.1 Å². The van der Waals surface area contributed by atoms with E-state index in [0.717, 1.165) is 44.8 Å². The lowest BCUT2D eigenvalue weighted by atomic mass is 9.85. The number of nitrogens with one attached hydrogen (secondary N) is 1. The third kappa shape index (κ3) is 5.82. The average Bonchev–Trinajstić information content (AvgIpc) is 2.44. The Kier molecular flexibility index (Phi) is 7.01. The van der Waals surface area contributed by atoms with Crippen LogP contribution in [0.5, 0.6) is 0 Å². The van der Waals surface area contributed by atoms with E-state index in [2.05, 4.69) is 44.8 Å². The van der Waals surface area contributed by atoms with E-state index in [1.54, 1.807) is 0 Å². The maximum absolute atomic E-state index is 12.3. The first-order valence-electron chi connectivity index (χ1n) is 8.39. The van der Waals surface area contributed by atoms with E-state index < -0.39 is 0 Å². The van der Waals surface area contributed by atoms with Crippen LogP contribution in [0.4, 0.5) is 0 Å². The van der Waals surface area contributed by atoms with Crippen LogP contribution in [0.2, 0.25) is 0 Å². The first-order chi connectivity index (χ1) is 9.38. The molecule has 1 heterocycles. The summed E-state index contributed by atoms with van der Waals surface area (Å²) in [6.07, 6.45) is 5.25. The van der Waals surface area contributed by atoms with Crippen LogP contribution in [0.3, 0.4) is 0 Å². The molecule has 0 spiro atoms. The fourth-order valence-corrected chi connectivity index (χ4v) is 2.54. The number of hydrogen-bond acceptors (Lipinski definition) is 2. The second kappa shape index (κ2) is 8.02. The lowest BCUT2D eigenvalue weighted by Gasteiger charge is -2.34. The summed E-state index contributed by atoms with van der Waals surface area (Å²) >= 11 is 0. The largest absolute Gasteiger partial charge is 0.343 e. The van der Waals surface area contributed by atoms with Gasteiger partial charge in [0.05, 0.1) is 0 Å². The minimum absolute atomic E-state index is 0.145. The molecule has 0 aromatic heterocycles. The van der Waals surface area contributed by atoms with E-state index in [0.29, 0.717) is 18.4 Å². The average molecular weight is 282 g/mol. The van der Waals surface area contributed by atoms with Gasteiger partial charge in [-0.15, -0.1) is 0 Å². The minimum Gasteiger partial charge on any atom is -0.343 e. The van der Waals surface area contributed by atoms with Crippen LogP contribution in [0.25, 0.3) is 0 Å². The molecule has 1 aliphatic rings. The van der Waals surface area contributed by atoms with Crippen molar-refractivity contribution in [3.63, 3.8) is 0 Å². The van der Waals surface area contributed by atoms with Gasteiger partial charge in [-0.2, -0.15) is 0 Å². The van der Waals surface area contributed by atoms with Gasteiger partial charge in [-0.3, -0.25) is 4.79 Å². The molecule has 3 nitrogen and oxygen atoms in total. The van der Waals surface area contributed by atoms with Crippen molar-refractivity contribution < 1.29 is 4.79 Å². The third-order valence-corrected chi connectivity index (χ3v) is 4.92. The molecule has 1 aliphatic heterocycles. The van der Waals surface area contributed by atoms with E-state index >= 15 is 0 Å². The van der Waals surface area contributed by atoms with Crippen LogP contribution in [0, 0.1) is 11.3 Å². The highest BCUT2D eigenvalue weighted by Gasteiger charge is 2.27. The molecule has 1 rings (SSSR count). The molecule has 0 aromatic carbocycles. The molecule has 118 valence electrons. The molecule has 0 aliphatic carbocycles. The molecule has 1 amide bonds. The standard InChI is InChI=1S/C17H34N2O/c1-6-14(3)18-13-15-8-10-19(11-9-15)16(20)12-17(4,5)7-2/h14-15,18H,6-13H2,1-5H3/t14-/m1/s1. The maximum atomic E-state index is 12.3. The molecular weight excluding hydrogens is 248 g/mol. The predicted molar refractivity (Wildman–Crippen MR) is 85.7 cm³/mol. The Labute approximate surface area is 125 Å². The van der Waals surface area contributed by atoms with Crippen molar-refractivity contribution in [1.82, 2.24) is 10.2 Å². The topological polar surface area (TPSA) is 32.3 Å². The third-order valence-electron chi connectivity index (χ3n) is 4.92. The van der Waals surface area contributed by atoms with Gasteiger partial charge in [0.25, 0.3) is 0 Å². The fourth-order valence-electron chi connectivity index (χ4n) is 2.54. The van der Waals surface area contributed by atoms with Gasteiger partial charge >= 0.3 is 0 Å². The molecule has 1 N–H and O–H groups in total. The number of piperidine rings is 1. The number of likely N-dealkylation sites (tertiary alicyclic amines) is 1. The molecule has 0 bridgehead atoms. The Balaban J connectivity index is 2.29. The van der Waals surface area contributed by atoms with E-state index in [4.69, 9.17) is 0 Å². The predicted octanol–water partition coefficient (Wildman–Crippen LogP) is 3.44. The van der Waals surface area contributed by atoms with E-state index in [1.165, 1.54) is 6.42 Å². The SMILES string of the molecule is CC[C@@H](C)NCC1CCN(C(=O)CC(C)(C)CC)CC1.